The van der Waals surface area contributed by atoms with Crippen LogP contribution in [0.2, 0.25) is 0 Å². The number of anilines is 2. The number of imide groups is 1. The number of amides is 3. The molecule has 0 atom stereocenters. The maximum Gasteiger partial charge on any atom is 0.338 e. The zero-order valence-electron chi connectivity index (χ0n) is 19.8. The van der Waals surface area contributed by atoms with E-state index in [2.05, 4.69) is 5.32 Å². The molecule has 4 rings (SSSR count). The molecule has 2 aromatic rings. The van der Waals surface area contributed by atoms with Crippen molar-refractivity contribution in [2.45, 2.75) is 19.8 Å². The first kappa shape index (κ1) is 25.4. The van der Waals surface area contributed by atoms with Gasteiger partial charge in [0, 0.05) is 24.3 Å². The quantitative estimate of drug-likeness (QED) is 0.328. The van der Waals surface area contributed by atoms with Crippen molar-refractivity contribution in [3.8, 4) is 0 Å². The topological polar surface area (TPSA) is 105 Å². The van der Waals surface area contributed by atoms with Gasteiger partial charge in [0.05, 0.1) is 31.1 Å². The Hall–Kier alpha value is -3.69. The van der Waals surface area contributed by atoms with Crippen molar-refractivity contribution in [2.24, 2.45) is 0 Å². The van der Waals surface area contributed by atoms with Crippen LogP contribution in [0.1, 0.15) is 40.5 Å². The Morgan fingerprint density at radius 3 is 2.44 bits per heavy atom. The van der Waals surface area contributed by atoms with E-state index in [9.17, 15) is 19.2 Å². The number of carbonyl (C=O) groups excluding carboxylic acids is 4. The van der Waals surface area contributed by atoms with Crippen LogP contribution < -0.4 is 10.2 Å². The lowest BCUT2D eigenvalue weighted by Crippen LogP contribution is -2.40. The molecule has 0 spiro atoms. The van der Waals surface area contributed by atoms with Gasteiger partial charge in [-0.05, 0) is 48.9 Å². The fourth-order valence-electron chi connectivity index (χ4n) is 3.80. The lowest BCUT2D eigenvalue weighted by molar-refractivity contribution is -0.120. The zero-order valence-corrected chi connectivity index (χ0v) is 20.5. The van der Waals surface area contributed by atoms with Gasteiger partial charge in [0.1, 0.15) is 10.7 Å². The molecule has 1 N–H and O–H groups in total. The number of hydrogen-bond donors (Lipinski definition) is 1. The maximum absolute atomic E-state index is 13.1. The summed E-state index contributed by atoms with van der Waals surface area (Å²) in [6.07, 6.45) is 1.63. The minimum absolute atomic E-state index is 0.0927. The van der Waals surface area contributed by atoms with Gasteiger partial charge in [0.15, 0.2) is 0 Å². The second kappa shape index (κ2) is 11.4. The third-order valence-corrected chi connectivity index (χ3v) is 6.15. The standard InChI is InChI=1S/C26H26ClN3O6/c1-2-3-13-36-26(34)18-5-4-6-20(16-18)30-24(32)21(27)22(25(30)33)28-19-9-7-17(8-10-19)23(31)29-11-14-35-15-12-29/h4-10,16,28H,2-3,11-15H2,1H3. The summed E-state index contributed by atoms with van der Waals surface area (Å²) in [6, 6.07) is 12.6. The molecule has 188 valence electrons. The smallest absolute Gasteiger partial charge is 0.338 e. The Morgan fingerprint density at radius 1 is 1.03 bits per heavy atom. The minimum atomic E-state index is -0.709. The lowest BCUT2D eigenvalue weighted by atomic mass is 10.1. The molecule has 0 aromatic heterocycles. The number of nitrogens with zero attached hydrogens (tertiary/aromatic N) is 2. The van der Waals surface area contributed by atoms with Crippen LogP contribution in [0, 0.1) is 0 Å². The summed E-state index contributed by atoms with van der Waals surface area (Å²) in [5.41, 5.74) is 1.32. The van der Waals surface area contributed by atoms with E-state index >= 15 is 0 Å². The average molecular weight is 512 g/mol. The third-order valence-electron chi connectivity index (χ3n) is 5.80. The van der Waals surface area contributed by atoms with Gasteiger partial charge in [-0.3, -0.25) is 14.4 Å². The van der Waals surface area contributed by atoms with Crippen molar-refractivity contribution in [1.29, 1.82) is 0 Å². The molecular formula is C26H26ClN3O6. The zero-order chi connectivity index (χ0) is 25.7. The molecule has 0 radical (unpaired) electrons. The van der Waals surface area contributed by atoms with Gasteiger partial charge in [-0.1, -0.05) is 31.0 Å². The van der Waals surface area contributed by atoms with Gasteiger partial charge in [0.2, 0.25) is 0 Å². The number of morpholine rings is 1. The number of carbonyl (C=O) groups is 4. The highest BCUT2D eigenvalue weighted by Crippen LogP contribution is 2.31. The molecule has 2 heterocycles. The van der Waals surface area contributed by atoms with Gasteiger partial charge in [-0.15, -0.1) is 0 Å². The van der Waals surface area contributed by atoms with Crippen LogP contribution in [-0.4, -0.2) is 61.5 Å². The molecule has 1 saturated heterocycles. The summed E-state index contributed by atoms with van der Waals surface area (Å²) in [6.45, 7) is 4.36. The Kier molecular flexibility index (Phi) is 8.02. The number of ether oxygens (including phenoxy) is 2. The Labute approximate surface area is 213 Å². The summed E-state index contributed by atoms with van der Waals surface area (Å²) in [7, 11) is 0. The normalized spacial score (nSPS) is 15.9. The number of nitrogens with one attached hydrogen (secondary N) is 1. The Balaban J connectivity index is 1.46. The van der Waals surface area contributed by atoms with Crippen molar-refractivity contribution in [1.82, 2.24) is 4.90 Å². The van der Waals surface area contributed by atoms with E-state index < -0.39 is 17.8 Å². The van der Waals surface area contributed by atoms with Crippen molar-refractivity contribution in [2.75, 3.05) is 43.1 Å². The molecule has 36 heavy (non-hydrogen) atoms. The van der Waals surface area contributed by atoms with Crippen LogP contribution in [0.25, 0.3) is 0 Å². The van der Waals surface area contributed by atoms with Gasteiger partial charge in [-0.25, -0.2) is 9.69 Å². The van der Waals surface area contributed by atoms with Crippen molar-refractivity contribution in [3.63, 3.8) is 0 Å². The maximum atomic E-state index is 13.1. The highest BCUT2D eigenvalue weighted by atomic mass is 35.5. The van der Waals surface area contributed by atoms with E-state index in [0.717, 1.165) is 17.7 Å². The monoisotopic (exact) mass is 511 g/mol. The van der Waals surface area contributed by atoms with Crippen LogP contribution >= 0.6 is 11.6 Å². The highest BCUT2D eigenvalue weighted by Gasteiger charge is 2.39. The van der Waals surface area contributed by atoms with Gasteiger partial charge in [-0.2, -0.15) is 0 Å². The summed E-state index contributed by atoms with van der Waals surface area (Å²) >= 11 is 6.23. The number of halogens is 1. The number of esters is 1. The first-order valence-corrected chi connectivity index (χ1v) is 12.1. The molecule has 3 amide bonds. The first-order valence-electron chi connectivity index (χ1n) is 11.7. The molecule has 9 nitrogen and oxygen atoms in total. The van der Waals surface area contributed by atoms with Crippen LogP contribution in [0.3, 0.4) is 0 Å². The fourth-order valence-corrected chi connectivity index (χ4v) is 4.01. The summed E-state index contributed by atoms with van der Waals surface area (Å²) in [4.78, 5) is 53.5. The number of rotatable bonds is 8. The first-order chi connectivity index (χ1) is 17.4. The largest absolute Gasteiger partial charge is 0.462 e. The second-order valence-electron chi connectivity index (χ2n) is 8.28. The van der Waals surface area contributed by atoms with Crippen LogP contribution in [0.4, 0.5) is 11.4 Å². The second-order valence-corrected chi connectivity index (χ2v) is 8.66. The van der Waals surface area contributed by atoms with Crippen LogP contribution in [-0.2, 0) is 19.1 Å². The molecule has 2 aromatic carbocycles. The number of unbranched alkanes of at least 4 members (excludes halogenated alkanes) is 1. The average Bonchev–Trinajstić information content (AvgIpc) is 3.12. The van der Waals surface area contributed by atoms with Crippen LogP contribution in [0.5, 0.6) is 0 Å². The minimum Gasteiger partial charge on any atom is -0.462 e. The molecule has 2 aliphatic rings. The van der Waals surface area contributed by atoms with E-state index in [1.54, 1.807) is 41.3 Å². The molecular weight excluding hydrogens is 486 g/mol. The van der Waals surface area contributed by atoms with E-state index in [1.807, 2.05) is 6.92 Å². The Bertz CT molecular complexity index is 1200. The predicted molar refractivity (Wildman–Crippen MR) is 134 cm³/mol. The molecule has 0 aliphatic carbocycles. The third kappa shape index (κ3) is 5.42. The molecule has 1 fully saturated rings. The van der Waals surface area contributed by atoms with Gasteiger partial charge >= 0.3 is 5.97 Å². The van der Waals surface area contributed by atoms with E-state index in [0.29, 0.717) is 44.2 Å². The van der Waals surface area contributed by atoms with Gasteiger partial charge in [0.25, 0.3) is 17.7 Å². The molecule has 10 heteroatoms. The molecule has 0 bridgehead atoms. The summed E-state index contributed by atoms with van der Waals surface area (Å²) < 4.78 is 10.5. The number of hydrogen-bond acceptors (Lipinski definition) is 7. The van der Waals surface area contributed by atoms with Crippen molar-refractivity contribution >= 4 is 46.7 Å². The molecule has 0 saturated carbocycles. The van der Waals surface area contributed by atoms with Crippen LogP contribution in [0.15, 0.2) is 59.3 Å². The summed E-state index contributed by atoms with van der Waals surface area (Å²) in [5, 5.41) is 2.61. The fraction of sp³-hybridized carbons (Fsp3) is 0.308. The van der Waals surface area contributed by atoms with Gasteiger partial charge < -0.3 is 19.7 Å². The lowest BCUT2D eigenvalue weighted by Gasteiger charge is -2.26. The SMILES string of the molecule is CCCCOC(=O)c1cccc(N2C(=O)C(Cl)=C(Nc3ccc(C(=O)N4CCOCC4)cc3)C2=O)c1. The Morgan fingerprint density at radius 2 is 1.75 bits per heavy atom. The van der Waals surface area contributed by atoms with Crippen molar-refractivity contribution in [3.05, 3.63) is 70.4 Å². The summed E-state index contributed by atoms with van der Waals surface area (Å²) in [5.74, 6) is -2.00. The predicted octanol–water partition coefficient (Wildman–Crippen LogP) is 3.55. The number of benzene rings is 2. The molecule has 0 unspecified atom stereocenters. The highest BCUT2D eigenvalue weighted by molar-refractivity contribution is 6.53. The van der Waals surface area contributed by atoms with E-state index in [1.165, 1.54) is 12.1 Å². The van der Waals surface area contributed by atoms with E-state index in [-0.39, 0.29) is 27.9 Å². The van der Waals surface area contributed by atoms with Crippen molar-refractivity contribution < 1.29 is 28.7 Å². The molecule has 2 aliphatic heterocycles. The van der Waals surface area contributed by atoms with E-state index in [4.69, 9.17) is 21.1 Å².